The molecule has 2 aliphatic heterocycles. The molecule has 4 heteroatoms. The number of hydrogen-bond acceptors (Lipinski definition) is 3. The summed E-state index contributed by atoms with van der Waals surface area (Å²) in [4.78, 5) is 14.6. The van der Waals surface area contributed by atoms with E-state index in [-0.39, 0.29) is 11.3 Å². The molecule has 4 nitrogen and oxygen atoms in total. The van der Waals surface area contributed by atoms with Crippen molar-refractivity contribution in [3.05, 3.63) is 0 Å². The van der Waals surface area contributed by atoms with E-state index < -0.39 is 0 Å². The van der Waals surface area contributed by atoms with Gasteiger partial charge >= 0.3 is 0 Å². The molecule has 2 heterocycles. The zero-order valence-corrected chi connectivity index (χ0v) is 10.1. The molecule has 16 heavy (non-hydrogen) atoms. The maximum Gasteiger partial charge on any atom is 0.230 e. The van der Waals surface area contributed by atoms with Crippen LogP contribution in [-0.2, 0) is 9.53 Å². The summed E-state index contributed by atoms with van der Waals surface area (Å²) in [5.74, 6) is 0.267. The van der Waals surface area contributed by atoms with Crippen molar-refractivity contribution in [2.24, 2.45) is 11.1 Å². The summed E-state index contributed by atoms with van der Waals surface area (Å²) in [7, 11) is 0. The van der Waals surface area contributed by atoms with E-state index in [2.05, 4.69) is 6.92 Å². The lowest BCUT2D eigenvalue weighted by atomic mass is 9.78. The van der Waals surface area contributed by atoms with Crippen LogP contribution in [0.4, 0.5) is 0 Å². The molecule has 92 valence electrons. The highest BCUT2D eigenvalue weighted by molar-refractivity contribution is 5.83. The standard InChI is InChI=1S/C12H22N2O2/c1-10-3-2-6-14(10)11(15)12(9-13)4-7-16-8-5-12/h10H,2-9,13H2,1H3. The highest BCUT2D eigenvalue weighted by atomic mass is 16.5. The Bertz CT molecular complexity index is 262. The lowest BCUT2D eigenvalue weighted by molar-refractivity contribution is -0.147. The zero-order valence-electron chi connectivity index (χ0n) is 10.1. The van der Waals surface area contributed by atoms with Crippen LogP contribution in [-0.4, -0.2) is 43.2 Å². The van der Waals surface area contributed by atoms with E-state index in [1.807, 2.05) is 4.90 Å². The molecule has 0 aromatic rings. The predicted octanol–water partition coefficient (Wildman–Crippen LogP) is 0.753. The van der Waals surface area contributed by atoms with E-state index in [0.717, 1.165) is 32.2 Å². The van der Waals surface area contributed by atoms with Crippen LogP contribution in [0.3, 0.4) is 0 Å². The van der Waals surface area contributed by atoms with Crippen LogP contribution in [0.5, 0.6) is 0 Å². The third-order valence-electron chi connectivity index (χ3n) is 4.11. The first-order valence-corrected chi connectivity index (χ1v) is 6.28. The first-order chi connectivity index (χ1) is 7.69. The summed E-state index contributed by atoms with van der Waals surface area (Å²) < 4.78 is 5.34. The molecule has 0 spiro atoms. The van der Waals surface area contributed by atoms with Gasteiger partial charge in [-0.05, 0) is 32.6 Å². The number of ether oxygens (including phenoxy) is 1. The van der Waals surface area contributed by atoms with Crippen molar-refractivity contribution in [2.75, 3.05) is 26.3 Å². The van der Waals surface area contributed by atoms with Gasteiger partial charge in [-0.3, -0.25) is 4.79 Å². The highest BCUT2D eigenvalue weighted by Crippen LogP contribution is 2.34. The zero-order chi connectivity index (χ0) is 11.6. The van der Waals surface area contributed by atoms with E-state index in [0.29, 0.717) is 25.8 Å². The number of nitrogens with zero attached hydrogens (tertiary/aromatic N) is 1. The first kappa shape index (κ1) is 11.9. The Hall–Kier alpha value is -0.610. The third-order valence-corrected chi connectivity index (χ3v) is 4.11. The number of nitrogens with two attached hydrogens (primary N) is 1. The fraction of sp³-hybridized carbons (Fsp3) is 0.917. The van der Waals surface area contributed by atoms with Gasteiger partial charge < -0.3 is 15.4 Å². The number of carbonyl (C=O) groups excluding carboxylic acids is 1. The molecule has 1 unspecified atom stereocenters. The van der Waals surface area contributed by atoms with E-state index in [1.54, 1.807) is 0 Å². The maximum absolute atomic E-state index is 12.6. The lowest BCUT2D eigenvalue weighted by Gasteiger charge is -2.39. The summed E-state index contributed by atoms with van der Waals surface area (Å²) in [6.45, 7) is 4.84. The van der Waals surface area contributed by atoms with Gasteiger partial charge in [-0.1, -0.05) is 0 Å². The Morgan fingerprint density at radius 2 is 2.19 bits per heavy atom. The Labute approximate surface area is 97.1 Å². The molecule has 2 aliphatic rings. The molecule has 1 amide bonds. The van der Waals surface area contributed by atoms with Crippen LogP contribution >= 0.6 is 0 Å². The second-order valence-electron chi connectivity index (χ2n) is 5.09. The van der Waals surface area contributed by atoms with E-state index in [4.69, 9.17) is 10.5 Å². The average molecular weight is 226 g/mol. The van der Waals surface area contributed by atoms with Gasteiger partial charge in [0.2, 0.25) is 5.91 Å². The molecule has 2 rings (SSSR count). The van der Waals surface area contributed by atoms with Gasteiger partial charge in [0.05, 0.1) is 5.41 Å². The Balaban J connectivity index is 2.10. The smallest absolute Gasteiger partial charge is 0.230 e. The maximum atomic E-state index is 12.6. The van der Waals surface area contributed by atoms with Crippen LogP contribution in [0.1, 0.15) is 32.6 Å². The minimum absolute atomic E-state index is 0.267. The predicted molar refractivity (Wildman–Crippen MR) is 61.9 cm³/mol. The Morgan fingerprint density at radius 3 is 2.69 bits per heavy atom. The Morgan fingerprint density at radius 1 is 1.50 bits per heavy atom. The monoisotopic (exact) mass is 226 g/mol. The number of amides is 1. The van der Waals surface area contributed by atoms with Crippen LogP contribution in [0.25, 0.3) is 0 Å². The molecule has 0 saturated carbocycles. The van der Waals surface area contributed by atoms with Gasteiger partial charge in [0, 0.05) is 32.3 Å². The molecule has 0 aromatic carbocycles. The minimum atomic E-state index is -0.336. The molecule has 2 fully saturated rings. The molecular formula is C12H22N2O2. The van der Waals surface area contributed by atoms with Crippen molar-refractivity contribution in [3.63, 3.8) is 0 Å². The number of carbonyl (C=O) groups is 1. The molecule has 1 atom stereocenters. The summed E-state index contributed by atoms with van der Waals surface area (Å²) in [5, 5.41) is 0. The molecule has 2 saturated heterocycles. The van der Waals surface area contributed by atoms with E-state index in [9.17, 15) is 4.79 Å². The van der Waals surface area contributed by atoms with Crippen molar-refractivity contribution < 1.29 is 9.53 Å². The van der Waals surface area contributed by atoms with Gasteiger partial charge in [0.25, 0.3) is 0 Å². The second kappa shape index (κ2) is 4.72. The van der Waals surface area contributed by atoms with Crippen molar-refractivity contribution in [3.8, 4) is 0 Å². The largest absolute Gasteiger partial charge is 0.381 e. The first-order valence-electron chi connectivity index (χ1n) is 6.28. The normalized spacial score (nSPS) is 29.4. The van der Waals surface area contributed by atoms with Crippen molar-refractivity contribution in [1.82, 2.24) is 4.90 Å². The van der Waals surface area contributed by atoms with E-state index in [1.165, 1.54) is 0 Å². The average Bonchev–Trinajstić information content (AvgIpc) is 2.75. The van der Waals surface area contributed by atoms with Gasteiger partial charge in [0.1, 0.15) is 0 Å². The van der Waals surface area contributed by atoms with Crippen LogP contribution in [0, 0.1) is 5.41 Å². The second-order valence-corrected chi connectivity index (χ2v) is 5.09. The van der Waals surface area contributed by atoms with Crippen LogP contribution in [0.15, 0.2) is 0 Å². The molecule has 2 N–H and O–H groups in total. The Kier molecular flexibility index (Phi) is 3.50. The number of rotatable bonds is 2. The van der Waals surface area contributed by atoms with Gasteiger partial charge in [0.15, 0.2) is 0 Å². The van der Waals surface area contributed by atoms with Gasteiger partial charge in [-0.25, -0.2) is 0 Å². The summed E-state index contributed by atoms with van der Waals surface area (Å²) in [5.41, 5.74) is 5.51. The molecule has 0 bridgehead atoms. The number of hydrogen-bond donors (Lipinski definition) is 1. The van der Waals surface area contributed by atoms with Crippen molar-refractivity contribution in [2.45, 2.75) is 38.6 Å². The van der Waals surface area contributed by atoms with Gasteiger partial charge in [-0.15, -0.1) is 0 Å². The number of likely N-dealkylation sites (tertiary alicyclic amines) is 1. The molecule has 0 radical (unpaired) electrons. The minimum Gasteiger partial charge on any atom is -0.381 e. The molecule has 0 aliphatic carbocycles. The summed E-state index contributed by atoms with van der Waals surface area (Å²) in [6.07, 6.45) is 3.82. The van der Waals surface area contributed by atoms with Crippen LogP contribution < -0.4 is 5.73 Å². The molecule has 0 aromatic heterocycles. The topological polar surface area (TPSA) is 55.6 Å². The third kappa shape index (κ3) is 1.96. The fourth-order valence-electron chi connectivity index (χ4n) is 2.81. The SMILES string of the molecule is CC1CCCN1C(=O)C1(CN)CCOCC1. The van der Waals surface area contributed by atoms with Crippen molar-refractivity contribution >= 4 is 5.91 Å². The highest BCUT2D eigenvalue weighted by Gasteiger charge is 2.43. The van der Waals surface area contributed by atoms with Crippen LogP contribution in [0.2, 0.25) is 0 Å². The fourth-order valence-corrected chi connectivity index (χ4v) is 2.81. The lowest BCUT2D eigenvalue weighted by Crippen LogP contribution is -2.51. The van der Waals surface area contributed by atoms with E-state index >= 15 is 0 Å². The summed E-state index contributed by atoms with van der Waals surface area (Å²) >= 11 is 0. The quantitative estimate of drug-likeness (QED) is 0.756. The summed E-state index contributed by atoms with van der Waals surface area (Å²) in [6, 6.07) is 0.388. The van der Waals surface area contributed by atoms with Gasteiger partial charge in [-0.2, -0.15) is 0 Å². The molecular weight excluding hydrogens is 204 g/mol. The van der Waals surface area contributed by atoms with Crippen molar-refractivity contribution in [1.29, 1.82) is 0 Å².